The number of hydrogen-bond acceptors (Lipinski definition) is 5. The van der Waals surface area contributed by atoms with E-state index in [2.05, 4.69) is 0 Å². The van der Waals surface area contributed by atoms with Crippen molar-refractivity contribution in [2.75, 3.05) is 13.7 Å². The zero-order chi connectivity index (χ0) is 20.5. The molecule has 0 radical (unpaired) electrons. The molecule has 2 heterocycles. The first-order valence-electron chi connectivity index (χ1n) is 9.52. The Labute approximate surface area is 168 Å². The number of rotatable bonds is 4. The van der Waals surface area contributed by atoms with E-state index >= 15 is 0 Å². The summed E-state index contributed by atoms with van der Waals surface area (Å²) in [5, 5.41) is 0.822. The number of carbonyl (C=O) groups is 3. The van der Waals surface area contributed by atoms with Crippen LogP contribution in [0.25, 0.3) is 10.9 Å². The highest BCUT2D eigenvalue weighted by molar-refractivity contribution is 6.07. The molecule has 2 aromatic carbocycles. The Morgan fingerprint density at radius 1 is 0.966 bits per heavy atom. The molecule has 6 heteroatoms. The number of esters is 2. The maximum absolute atomic E-state index is 13.5. The first kappa shape index (κ1) is 18.9. The van der Waals surface area contributed by atoms with Gasteiger partial charge in [-0.1, -0.05) is 48.5 Å². The van der Waals surface area contributed by atoms with Crippen LogP contribution in [-0.4, -0.2) is 36.1 Å². The van der Waals surface area contributed by atoms with E-state index in [1.807, 2.05) is 54.6 Å². The predicted octanol–water partition coefficient (Wildman–Crippen LogP) is 3.51. The van der Waals surface area contributed by atoms with Crippen LogP contribution >= 0.6 is 0 Å². The maximum Gasteiger partial charge on any atom is 0.318 e. The third kappa shape index (κ3) is 3.01. The molecule has 0 aliphatic carbocycles. The highest BCUT2D eigenvalue weighted by Gasteiger charge is 2.51. The van der Waals surface area contributed by atoms with Gasteiger partial charge in [0.25, 0.3) is 0 Å². The van der Waals surface area contributed by atoms with Crippen molar-refractivity contribution in [1.29, 1.82) is 0 Å². The Bertz CT molecular complexity index is 1090. The van der Waals surface area contributed by atoms with Crippen molar-refractivity contribution >= 4 is 28.7 Å². The van der Waals surface area contributed by atoms with Crippen molar-refractivity contribution in [3.05, 3.63) is 71.9 Å². The van der Waals surface area contributed by atoms with Crippen molar-refractivity contribution in [2.45, 2.75) is 18.8 Å². The van der Waals surface area contributed by atoms with Crippen LogP contribution in [0.15, 0.2) is 60.7 Å². The molecule has 0 fully saturated rings. The topological polar surface area (TPSA) is 74.6 Å². The monoisotopic (exact) mass is 391 g/mol. The summed E-state index contributed by atoms with van der Waals surface area (Å²) in [6.45, 7) is 1.94. The van der Waals surface area contributed by atoms with Crippen LogP contribution < -0.4 is 0 Å². The van der Waals surface area contributed by atoms with Gasteiger partial charge in [-0.25, -0.2) is 0 Å². The Morgan fingerprint density at radius 3 is 2.34 bits per heavy atom. The minimum Gasteiger partial charge on any atom is -0.468 e. The van der Waals surface area contributed by atoms with Gasteiger partial charge in [-0.15, -0.1) is 0 Å². The van der Waals surface area contributed by atoms with Crippen LogP contribution in [0.4, 0.5) is 0 Å². The molecule has 3 atom stereocenters. The van der Waals surface area contributed by atoms with Gasteiger partial charge >= 0.3 is 11.9 Å². The molecule has 0 amide bonds. The number of benzene rings is 2. The molecule has 0 bridgehead atoms. The highest BCUT2D eigenvalue weighted by atomic mass is 16.5. The first-order valence-corrected chi connectivity index (χ1v) is 9.52. The summed E-state index contributed by atoms with van der Waals surface area (Å²) in [7, 11) is 1.25. The summed E-state index contributed by atoms with van der Waals surface area (Å²) >= 11 is 0. The molecule has 4 rings (SSSR count). The first-order chi connectivity index (χ1) is 14.1. The maximum atomic E-state index is 13.5. The molecule has 1 aliphatic rings. The summed E-state index contributed by atoms with van der Waals surface area (Å²) in [6, 6.07) is 18.3. The van der Waals surface area contributed by atoms with Gasteiger partial charge in [-0.2, -0.15) is 0 Å². The summed E-state index contributed by atoms with van der Waals surface area (Å²) in [5.74, 6) is -4.21. The minimum atomic E-state index is -1.15. The van der Waals surface area contributed by atoms with Gasteiger partial charge in [-0.05, 0) is 24.6 Å². The third-order valence-corrected chi connectivity index (χ3v) is 5.44. The highest BCUT2D eigenvalue weighted by Crippen LogP contribution is 2.46. The lowest BCUT2D eigenvalue weighted by Crippen LogP contribution is -2.45. The number of para-hydroxylation sites is 1. The SMILES string of the molecule is CCOC(=O)[C@@H]1c2cc3ccccc3n2C(=O)[C@H](C(=O)OC)[C@H]1c1ccccc1. The molecule has 0 N–H and O–H groups in total. The zero-order valence-corrected chi connectivity index (χ0v) is 16.2. The van der Waals surface area contributed by atoms with Gasteiger partial charge < -0.3 is 9.47 Å². The number of carbonyl (C=O) groups excluding carboxylic acids is 3. The third-order valence-electron chi connectivity index (χ3n) is 5.44. The number of nitrogens with zero attached hydrogens (tertiary/aromatic N) is 1. The van der Waals surface area contributed by atoms with E-state index < -0.39 is 35.6 Å². The molecule has 0 spiro atoms. The van der Waals surface area contributed by atoms with Crippen LogP contribution in [0, 0.1) is 5.92 Å². The second-order valence-electron chi connectivity index (χ2n) is 6.97. The zero-order valence-electron chi connectivity index (χ0n) is 16.2. The second-order valence-corrected chi connectivity index (χ2v) is 6.97. The molecule has 0 saturated carbocycles. The van der Waals surface area contributed by atoms with Crippen LogP contribution in [0.5, 0.6) is 0 Å². The van der Waals surface area contributed by atoms with Crippen molar-refractivity contribution in [3.8, 4) is 0 Å². The van der Waals surface area contributed by atoms with Crippen LogP contribution in [0.2, 0.25) is 0 Å². The average molecular weight is 391 g/mol. The van der Waals surface area contributed by atoms with E-state index in [9.17, 15) is 14.4 Å². The number of aromatic nitrogens is 1. The molecular weight excluding hydrogens is 370 g/mol. The quantitative estimate of drug-likeness (QED) is 0.503. The standard InChI is InChI=1S/C23H21NO5/c1-3-29-23(27)19-17-13-15-11-7-8-12-16(15)24(17)21(25)20(22(26)28-2)18(19)14-9-5-4-6-10-14/h4-13,18-20H,3H2,1-2H3/t18-,19+,20+/m0/s1. The van der Waals surface area contributed by atoms with E-state index in [1.165, 1.54) is 11.7 Å². The van der Waals surface area contributed by atoms with Crippen molar-refractivity contribution < 1.29 is 23.9 Å². The van der Waals surface area contributed by atoms with Crippen molar-refractivity contribution in [1.82, 2.24) is 4.57 Å². The normalized spacial score (nSPS) is 20.9. The summed E-state index contributed by atoms with van der Waals surface area (Å²) < 4.78 is 11.8. The number of ether oxygens (including phenoxy) is 2. The van der Waals surface area contributed by atoms with E-state index in [0.29, 0.717) is 16.8 Å². The molecule has 3 aromatic rings. The molecule has 1 aliphatic heterocycles. The Hall–Kier alpha value is -3.41. The summed E-state index contributed by atoms with van der Waals surface area (Å²) in [5.41, 5.74) is 1.90. The fraction of sp³-hybridized carbons (Fsp3) is 0.261. The van der Waals surface area contributed by atoms with Gasteiger partial charge in [0.15, 0.2) is 0 Å². The number of methoxy groups -OCH3 is 1. The number of fused-ring (bicyclic) bond motifs is 3. The van der Waals surface area contributed by atoms with Gasteiger partial charge in [0.1, 0.15) is 11.8 Å². The van der Waals surface area contributed by atoms with Crippen LogP contribution in [-0.2, 0) is 19.1 Å². The molecule has 0 unspecified atom stereocenters. The number of hydrogen-bond donors (Lipinski definition) is 0. The fourth-order valence-electron chi connectivity index (χ4n) is 4.25. The molecule has 1 aromatic heterocycles. The van der Waals surface area contributed by atoms with Crippen LogP contribution in [0.3, 0.4) is 0 Å². The Morgan fingerprint density at radius 2 is 1.66 bits per heavy atom. The lowest BCUT2D eigenvalue weighted by atomic mass is 9.72. The predicted molar refractivity (Wildman–Crippen MR) is 107 cm³/mol. The smallest absolute Gasteiger partial charge is 0.318 e. The minimum absolute atomic E-state index is 0.202. The van der Waals surface area contributed by atoms with E-state index in [4.69, 9.17) is 9.47 Å². The van der Waals surface area contributed by atoms with Crippen molar-refractivity contribution in [2.24, 2.45) is 5.92 Å². The summed E-state index contributed by atoms with van der Waals surface area (Å²) in [6.07, 6.45) is 0. The van der Waals surface area contributed by atoms with Crippen molar-refractivity contribution in [3.63, 3.8) is 0 Å². The van der Waals surface area contributed by atoms with Gasteiger partial charge in [0.05, 0.1) is 19.2 Å². The van der Waals surface area contributed by atoms with E-state index in [0.717, 1.165) is 5.39 Å². The fourth-order valence-corrected chi connectivity index (χ4v) is 4.25. The molecule has 148 valence electrons. The Kier molecular flexibility index (Phi) is 4.92. The largest absolute Gasteiger partial charge is 0.468 e. The second kappa shape index (κ2) is 7.54. The van der Waals surface area contributed by atoms with Gasteiger partial charge in [-0.3, -0.25) is 19.0 Å². The summed E-state index contributed by atoms with van der Waals surface area (Å²) in [4.78, 5) is 39.3. The average Bonchev–Trinajstić information content (AvgIpc) is 3.13. The lowest BCUT2D eigenvalue weighted by Gasteiger charge is -2.36. The van der Waals surface area contributed by atoms with Crippen LogP contribution in [0.1, 0.15) is 34.8 Å². The Balaban J connectivity index is 2.02. The molecule has 0 saturated heterocycles. The van der Waals surface area contributed by atoms with E-state index in [1.54, 1.807) is 13.0 Å². The molecule has 29 heavy (non-hydrogen) atoms. The molecule has 6 nitrogen and oxygen atoms in total. The van der Waals surface area contributed by atoms with Gasteiger partial charge in [0, 0.05) is 17.0 Å². The lowest BCUT2D eigenvalue weighted by molar-refractivity contribution is -0.149. The van der Waals surface area contributed by atoms with Gasteiger partial charge in [0.2, 0.25) is 5.91 Å². The van der Waals surface area contributed by atoms with E-state index in [-0.39, 0.29) is 6.61 Å². The molecular formula is C23H21NO5.